The molecule has 0 aliphatic rings. The third kappa shape index (κ3) is 3.05. The molecule has 0 atom stereocenters. The molecular formula is C15H14N2O2P+. The quantitative estimate of drug-likeness (QED) is 0.365. The van der Waals surface area contributed by atoms with Crippen LogP contribution in [0.5, 0.6) is 0 Å². The van der Waals surface area contributed by atoms with Crippen molar-refractivity contribution in [2.75, 3.05) is 0 Å². The molecule has 0 aliphatic carbocycles. The molecule has 1 aromatic carbocycles. The molecule has 0 unspecified atom stereocenters. The van der Waals surface area contributed by atoms with Crippen molar-refractivity contribution in [1.82, 2.24) is 4.57 Å². The van der Waals surface area contributed by atoms with Gasteiger partial charge in [-0.1, -0.05) is 0 Å². The summed E-state index contributed by atoms with van der Waals surface area (Å²) in [5, 5.41) is 11.8. The number of non-ortho nitro benzene ring substituents is 1. The fourth-order valence-electron chi connectivity index (χ4n) is 2.11. The first-order valence-electron chi connectivity index (χ1n) is 6.07. The van der Waals surface area contributed by atoms with Crippen molar-refractivity contribution in [3.8, 4) is 6.13 Å². The molecule has 2 aromatic rings. The Hall–Kier alpha value is -2.15. The average Bonchev–Trinajstić information content (AvgIpc) is 2.75. The van der Waals surface area contributed by atoms with Crippen molar-refractivity contribution in [2.24, 2.45) is 7.05 Å². The number of nitro groups is 1. The minimum atomic E-state index is -0.372. The van der Waals surface area contributed by atoms with Crippen molar-refractivity contribution in [3.63, 3.8) is 0 Å². The number of nitro benzene ring substituents is 1. The van der Waals surface area contributed by atoms with Crippen LogP contribution < -0.4 is 0 Å². The minimum absolute atomic E-state index is 0.116. The molecule has 0 spiro atoms. The third-order valence-electron chi connectivity index (χ3n) is 3.02. The summed E-state index contributed by atoms with van der Waals surface area (Å²) in [5.41, 5.74) is 2.14. The van der Waals surface area contributed by atoms with E-state index >= 15 is 0 Å². The van der Waals surface area contributed by atoms with Crippen LogP contribution in [0.1, 0.15) is 5.56 Å². The number of allylic oxidation sites excluding steroid dienone is 3. The van der Waals surface area contributed by atoms with Crippen LogP contribution in [0.4, 0.5) is 5.69 Å². The molecule has 0 bridgehead atoms. The summed E-state index contributed by atoms with van der Waals surface area (Å²) < 4.78 is 1.92. The standard InChI is InChI=1S/C15H14N2O2P/c1-16-11-12(6-4-3-5-9-20-2)14-8-7-13(17(18)19)10-15(14)16/h2-5,7-11H,6H2,1H3/q+1/b4-3-,9-5-. The number of aromatic nitrogens is 1. The summed E-state index contributed by atoms with van der Waals surface area (Å²) in [6, 6.07) is 4.96. The summed E-state index contributed by atoms with van der Waals surface area (Å²) in [4.78, 5) is 10.4. The van der Waals surface area contributed by atoms with E-state index in [0.29, 0.717) is 0 Å². The number of fused-ring (bicyclic) bond motifs is 1. The van der Waals surface area contributed by atoms with E-state index in [9.17, 15) is 10.1 Å². The van der Waals surface area contributed by atoms with Crippen molar-refractivity contribution < 1.29 is 4.92 Å². The molecule has 20 heavy (non-hydrogen) atoms. The van der Waals surface area contributed by atoms with Gasteiger partial charge in [-0.15, -0.1) is 0 Å². The number of aryl methyl sites for hydroxylation is 1. The Morgan fingerprint density at radius 3 is 2.95 bits per heavy atom. The number of rotatable bonds is 4. The first kappa shape index (κ1) is 14.3. The molecule has 0 radical (unpaired) electrons. The van der Waals surface area contributed by atoms with E-state index in [-0.39, 0.29) is 10.6 Å². The third-order valence-corrected chi connectivity index (χ3v) is 3.37. The maximum atomic E-state index is 10.8. The van der Waals surface area contributed by atoms with Gasteiger partial charge in [0, 0.05) is 0 Å². The molecule has 0 N–H and O–H groups in total. The molecule has 1 aromatic heterocycles. The number of benzene rings is 1. The second-order valence-electron chi connectivity index (χ2n) is 4.35. The van der Waals surface area contributed by atoms with Gasteiger partial charge >= 0.3 is 118 Å². The van der Waals surface area contributed by atoms with Crippen molar-refractivity contribution in [2.45, 2.75) is 6.42 Å². The zero-order valence-electron chi connectivity index (χ0n) is 11.1. The van der Waals surface area contributed by atoms with Gasteiger partial charge < -0.3 is 0 Å². The second-order valence-corrected chi connectivity index (χ2v) is 4.94. The van der Waals surface area contributed by atoms with Gasteiger partial charge in [0.05, 0.1) is 0 Å². The molecule has 0 saturated carbocycles. The van der Waals surface area contributed by atoms with E-state index in [2.05, 4.69) is 0 Å². The van der Waals surface area contributed by atoms with Crippen molar-refractivity contribution >= 4 is 24.6 Å². The van der Waals surface area contributed by atoms with E-state index in [1.165, 1.54) is 0 Å². The van der Waals surface area contributed by atoms with Gasteiger partial charge in [0.1, 0.15) is 0 Å². The SMILES string of the molecule is C#[P+]/C=C\C=C/Cc1cn(C)c2cc([N+](=O)[O-])ccc12. The van der Waals surface area contributed by atoms with Crippen LogP contribution in [0, 0.1) is 16.2 Å². The van der Waals surface area contributed by atoms with Crippen LogP contribution in [0.15, 0.2) is 48.4 Å². The van der Waals surface area contributed by atoms with E-state index in [4.69, 9.17) is 6.13 Å². The van der Waals surface area contributed by atoms with Crippen LogP contribution in [0.25, 0.3) is 10.9 Å². The predicted molar refractivity (Wildman–Crippen MR) is 83.4 cm³/mol. The first-order chi connectivity index (χ1) is 9.63. The summed E-state index contributed by atoms with van der Waals surface area (Å²) in [6.07, 6.45) is 14.0. The fraction of sp³-hybridized carbons (Fsp3) is 0.133. The molecule has 0 aliphatic heterocycles. The summed E-state index contributed by atoms with van der Waals surface area (Å²) >= 11 is 0. The van der Waals surface area contributed by atoms with Crippen molar-refractivity contribution in [3.05, 3.63) is 64.1 Å². The van der Waals surface area contributed by atoms with E-state index in [0.717, 1.165) is 30.9 Å². The van der Waals surface area contributed by atoms with Gasteiger partial charge in [0.2, 0.25) is 0 Å². The van der Waals surface area contributed by atoms with Gasteiger partial charge in [0.15, 0.2) is 0 Å². The predicted octanol–water partition coefficient (Wildman–Crippen LogP) is 4.23. The van der Waals surface area contributed by atoms with Crippen LogP contribution in [-0.4, -0.2) is 9.49 Å². The van der Waals surface area contributed by atoms with Gasteiger partial charge in [0.25, 0.3) is 0 Å². The van der Waals surface area contributed by atoms with Gasteiger partial charge in [-0.2, -0.15) is 0 Å². The zero-order valence-corrected chi connectivity index (χ0v) is 12.0. The molecule has 2 rings (SSSR count). The number of nitrogens with zero attached hydrogens (tertiary/aromatic N) is 2. The fourth-order valence-corrected chi connectivity index (χ4v) is 2.30. The van der Waals surface area contributed by atoms with Crippen LogP contribution in [0.3, 0.4) is 0 Å². The first-order valence-corrected chi connectivity index (χ1v) is 7.11. The van der Waals surface area contributed by atoms with Crippen LogP contribution >= 0.6 is 8.04 Å². The van der Waals surface area contributed by atoms with E-state index in [1.807, 2.05) is 47.9 Å². The normalized spacial score (nSPS) is 11.6. The molecular weight excluding hydrogens is 271 g/mol. The summed E-state index contributed by atoms with van der Waals surface area (Å²) in [5.74, 6) is 1.85. The maximum absolute atomic E-state index is 10.8. The summed E-state index contributed by atoms with van der Waals surface area (Å²) in [6.45, 7) is 0. The van der Waals surface area contributed by atoms with Crippen molar-refractivity contribution in [1.29, 1.82) is 0 Å². The molecule has 0 amide bonds. The molecule has 0 fully saturated rings. The Kier molecular flexibility index (Phi) is 4.52. The Morgan fingerprint density at radius 1 is 1.45 bits per heavy atom. The Labute approximate surface area is 118 Å². The van der Waals surface area contributed by atoms with Crippen LogP contribution in [-0.2, 0) is 13.5 Å². The Bertz CT molecular complexity index is 751. The topological polar surface area (TPSA) is 48.1 Å². The van der Waals surface area contributed by atoms with Gasteiger partial charge in [-0.3, -0.25) is 0 Å². The van der Waals surface area contributed by atoms with Gasteiger partial charge in [-0.25, -0.2) is 0 Å². The van der Waals surface area contributed by atoms with E-state index in [1.54, 1.807) is 12.1 Å². The zero-order chi connectivity index (χ0) is 14.5. The number of hydrogen-bond donors (Lipinski definition) is 0. The average molecular weight is 285 g/mol. The Morgan fingerprint density at radius 2 is 2.25 bits per heavy atom. The second kappa shape index (κ2) is 6.33. The molecule has 5 heteroatoms. The van der Waals surface area contributed by atoms with E-state index < -0.39 is 0 Å². The molecule has 100 valence electrons. The number of hydrogen-bond acceptors (Lipinski definition) is 2. The van der Waals surface area contributed by atoms with Crippen LogP contribution in [0.2, 0.25) is 0 Å². The van der Waals surface area contributed by atoms with Gasteiger partial charge in [-0.05, 0) is 0 Å². The molecule has 0 saturated heterocycles. The Balaban J connectivity index is 2.32. The molecule has 1 heterocycles. The monoisotopic (exact) mass is 285 g/mol. The summed E-state index contributed by atoms with van der Waals surface area (Å²) in [7, 11) is 2.64. The molecule has 4 nitrogen and oxygen atoms in total.